The SMILES string of the molecule is C/C=C\c1cc(Oc2ccc(NSc3ccc(C)cc3)c(C(=O)OC)c2)ccc1[N+](=O)[O-]. The molecule has 0 saturated carbocycles. The van der Waals surface area contributed by atoms with E-state index in [0.717, 1.165) is 10.5 Å². The van der Waals surface area contributed by atoms with Crippen LogP contribution in [0.15, 0.2) is 71.6 Å². The summed E-state index contributed by atoms with van der Waals surface area (Å²) in [6.45, 7) is 3.79. The van der Waals surface area contributed by atoms with Crippen LogP contribution in [0.25, 0.3) is 6.08 Å². The van der Waals surface area contributed by atoms with Gasteiger partial charge in [-0.15, -0.1) is 0 Å². The van der Waals surface area contributed by atoms with Gasteiger partial charge in [-0.05, 0) is 68.3 Å². The van der Waals surface area contributed by atoms with Crippen LogP contribution >= 0.6 is 11.9 Å². The Labute approximate surface area is 190 Å². The largest absolute Gasteiger partial charge is 0.465 e. The van der Waals surface area contributed by atoms with Crippen LogP contribution in [0, 0.1) is 17.0 Å². The van der Waals surface area contributed by atoms with Gasteiger partial charge in [-0.2, -0.15) is 0 Å². The Bertz CT molecular complexity index is 1160. The van der Waals surface area contributed by atoms with Gasteiger partial charge in [-0.25, -0.2) is 4.79 Å². The summed E-state index contributed by atoms with van der Waals surface area (Å²) in [5, 5.41) is 11.2. The minimum Gasteiger partial charge on any atom is -0.465 e. The van der Waals surface area contributed by atoms with Gasteiger partial charge >= 0.3 is 5.97 Å². The highest BCUT2D eigenvalue weighted by molar-refractivity contribution is 8.00. The van der Waals surface area contributed by atoms with Crippen molar-refractivity contribution in [1.82, 2.24) is 0 Å². The molecule has 0 heterocycles. The van der Waals surface area contributed by atoms with Crippen molar-refractivity contribution >= 4 is 35.4 Å². The lowest BCUT2D eigenvalue weighted by Crippen LogP contribution is -2.05. The van der Waals surface area contributed by atoms with E-state index in [1.165, 1.54) is 31.2 Å². The number of rotatable bonds is 8. The summed E-state index contributed by atoms with van der Waals surface area (Å²) in [6, 6.07) is 17.5. The van der Waals surface area contributed by atoms with Gasteiger partial charge in [0, 0.05) is 11.0 Å². The van der Waals surface area contributed by atoms with E-state index in [0.29, 0.717) is 28.3 Å². The first-order valence-corrected chi connectivity index (χ1v) is 10.5. The predicted molar refractivity (Wildman–Crippen MR) is 126 cm³/mol. The number of nitrogens with one attached hydrogen (secondary N) is 1. The zero-order valence-corrected chi connectivity index (χ0v) is 18.6. The number of carbonyl (C=O) groups is 1. The van der Waals surface area contributed by atoms with Crippen molar-refractivity contribution in [3.63, 3.8) is 0 Å². The number of benzene rings is 3. The fraction of sp³-hybridized carbons (Fsp3) is 0.125. The fourth-order valence-electron chi connectivity index (χ4n) is 2.89. The lowest BCUT2D eigenvalue weighted by atomic mass is 10.1. The predicted octanol–water partition coefficient (Wildman–Crippen LogP) is 6.63. The molecule has 0 aliphatic rings. The number of hydrogen-bond donors (Lipinski definition) is 1. The molecule has 0 saturated heterocycles. The number of anilines is 1. The molecule has 0 aromatic heterocycles. The van der Waals surface area contributed by atoms with Crippen molar-refractivity contribution in [2.45, 2.75) is 18.7 Å². The highest BCUT2D eigenvalue weighted by Crippen LogP contribution is 2.32. The van der Waals surface area contributed by atoms with E-state index in [1.807, 2.05) is 31.2 Å². The summed E-state index contributed by atoms with van der Waals surface area (Å²) in [5.74, 6) is 0.298. The second kappa shape index (κ2) is 10.5. The number of carbonyl (C=O) groups excluding carboxylic acids is 1. The molecule has 0 amide bonds. The maximum Gasteiger partial charge on any atom is 0.340 e. The van der Waals surface area contributed by atoms with Gasteiger partial charge in [0.05, 0.1) is 28.8 Å². The first-order valence-electron chi connectivity index (χ1n) is 9.72. The molecule has 3 rings (SSSR count). The summed E-state index contributed by atoms with van der Waals surface area (Å²) in [4.78, 5) is 24.1. The molecule has 0 unspecified atom stereocenters. The number of ether oxygens (including phenoxy) is 2. The Morgan fingerprint density at radius 3 is 2.41 bits per heavy atom. The van der Waals surface area contributed by atoms with Crippen molar-refractivity contribution in [3.8, 4) is 11.5 Å². The lowest BCUT2D eigenvalue weighted by molar-refractivity contribution is -0.385. The van der Waals surface area contributed by atoms with Crippen LogP contribution in [0.1, 0.15) is 28.4 Å². The van der Waals surface area contributed by atoms with Crippen LogP contribution in [0.2, 0.25) is 0 Å². The maximum absolute atomic E-state index is 12.3. The molecular formula is C24H22N2O5S. The number of hydrogen-bond acceptors (Lipinski definition) is 7. The minimum atomic E-state index is -0.513. The second-order valence-electron chi connectivity index (χ2n) is 6.80. The maximum atomic E-state index is 12.3. The van der Waals surface area contributed by atoms with Crippen molar-refractivity contribution in [3.05, 3.63) is 93.5 Å². The third-order valence-electron chi connectivity index (χ3n) is 4.47. The third-order valence-corrected chi connectivity index (χ3v) is 5.30. The van der Waals surface area contributed by atoms with E-state index in [9.17, 15) is 14.9 Å². The molecule has 8 heteroatoms. The molecule has 0 aliphatic heterocycles. The highest BCUT2D eigenvalue weighted by atomic mass is 32.2. The van der Waals surface area contributed by atoms with Crippen LogP contribution in [-0.2, 0) is 4.74 Å². The van der Waals surface area contributed by atoms with Crippen LogP contribution in [-0.4, -0.2) is 18.0 Å². The first kappa shape index (κ1) is 22.9. The van der Waals surface area contributed by atoms with Crippen LogP contribution < -0.4 is 9.46 Å². The molecule has 164 valence electrons. The fourth-order valence-corrected chi connectivity index (χ4v) is 3.56. The van der Waals surface area contributed by atoms with Crippen LogP contribution in [0.5, 0.6) is 11.5 Å². The number of nitrogens with zero attached hydrogens (tertiary/aromatic N) is 1. The van der Waals surface area contributed by atoms with E-state index in [1.54, 1.807) is 43.3 Å². The minimum absolute atomic E-state index is 0.0154. The Hall–Kier alpha value is -3.78. The number of aryl methyl sites for hydroxylation is 1. The van der Waals surface area contributed by atoms with Crippen LogP contribution in [0.3, 0.4) is 0 Å². The molecular weight excluding hydrogens is 428 g/mol. The molecule has 7 nitrogen and oxygen atoms in total. The Morgan fingerprint density at radius 1 is 1.06 bits per heavy atom. The molecule has 0 atom stereocenters. The summed E-state index contributed by atoms with van der Waals surface area (Å²) in [7, 11) is 1.31. The molecule has 0 bridgehead atoms. The van der Waals surface area contributed by atoms with Crippen molar-refractivity contribution < 1.29 is 19.2 Å². The molecule has 1 N–H and O–H groups in total. The molecule has 32 heavy (non-hydrogen) atoms. The topological polar surface area (TPSA) is 90.7 Å². The number of allylic oxidation sites excluding steroid dienone is 1. The van der Waals surface area contributed by atoms with Gasteiger partial charge in [-0.3, -0.25) is 10.1 Å². The summed E-state index contributed by atoms with van der Waals surface area (Å²) >= 11 is 1.38. The Kier molecular flexibility index (Phi) is 7.51. The smallest absolute Gasteiger partial charge is 0.340 e. The molecule has 0 aliphatic carbocycles. The molecule has 0 fully saturated rings. The van der Waals surface area contributed by atoms with Gasteiger partial charge in [0.15, 0.2) is 0 Å². The average Bonchev–Trinajstić information content (AvgIpc) is 2.79. The number of esters is 1. The summed E-state index contributed by atoms with van der Waals surface area (Å²) < 4.78 is 14.0. The van der Waals surface area contributed by atoms with Gasteiger partial charge in [0.1, 0.15) is 11.5 Å². The van der Waals surface area contributed by atoms with E-state index < -0.39 is 10.9 Å². The first-order chi connectivity index (χ1) is 15.4. The van der Waals surface area contributed by atoms with Crippen molar-refractivity contribution in [2.24, 2.45) is 0 Å². The summed E-state index contributed by atoms with van der Waals surface area (Å²) in [6.07, 6.45) is 3.35. The second-order valence-corrected chi connectivity index (χ2v) is 7.68. The highest BCUT2D eigenvalue weighted by Gasteiger charge is 2.16. The van der Waals surface area contributed by atoms with Gasteiger partial charge in [0.2, 0.25) is 0 Å². The third kappa shape index (κ3) is 5.67. The monoisotopic (exact) mass is 450 g/mol. The van der Waals surface area contributed by atoms with E-state index in [4.69, 9.17) is 9.47 Å². The van der Waals surface area contributed by atoms with Crippen LogP contribution in [0.4, 0.5) is 11.4 Å². The van der Waals surface area contributed by atoms with Gasteiger partial charge < -0.3 is 14.2 Å². The number of methoxy groups -OCH3 is 1. The summed E-state index contributed by atoms with van der Waals surface area (Å²) in [5.41, 5.74) is 2.46. The zero-order valence-electron chi connectivity index (χ0n) is 17.8. The normalized spacial score (nSPS) is 10.7. The Morgan fingerprint density at radius 2 is 1.75 bits per heavy atom. The Balaban J connectivity index is 1.85. The molecule has 3 aromatic carbocycles. The number of nitro groups is 1. The van der Waals surface area contributed by atoms with Gasteiger partial charge in [0.25, 0.3) is 5.69 Å². The van der Waals surface area contributed by atoms with E-state index in [-0.39, 0.29) is 5.69 Å². The molecule has 3 aromatic rings. The van der Waals surface area contributed by atoms with E-state index >= 15 is 0 Å². The van der Waals surface area contributed by atoms with Gasteiger partial charge in [-0.1, -0.05) is 29.8 Å². The van der Waals surface area contributed by atoms with Crippen molar-refractivity contribution in [1.29, 1.82) is 0 Å². The average molecular weight is 451 g/mol. The zero-order chi connectivity index (χ0) is 23.1. The lowest BCUT2D eigenvalue weighted by Gasteiger charge is -2.13. The number of nitro benzene ring substituents is 1. The standard InChI is InChI=1S/C24H22N2O5S/c1-4-5-17-14-18(9-13-23(17)26(28)29)31-19-8-12-22(21(15-19)24(27)30-3)25-32-20-10-6-16(2)7-11-20/h4-15,25H,1-3H3/b5-4-. The quantitative estimate of drug-likeness (QED) is 0.178. The van der Waals surface area contributed by atoms with E-state index in [2.05, 4.69) is 4.72 Å². The molecule has 0 radical (unpaired) electrons. The van der Waals surface area contributed by atoms with Crippen molar-refractivity contribution in [2.75, 3.05) is 11.8 Å². The molecule has 0 spiro atoms.